The third kappa shape index (κ3) is 7.39. The fourth-order valence-corrected chi connectivity index (χ4v) is 5.00. The van der Waals surface area contributed by atoms with Gasteiger partial charge in [-0.3, -0.25) is 14.3 Å². The van der Waals surface area contributed by atoms with E-state index in [0.717, 1.165) is 51.0 Å². The van der Waals surface area contributed by atoms with Crippen molar-refractivity contribution in [2.75, 3.05) is 51.1 Å². The highest BCUT2D eigenvalue weighted by atomic mass is 16.3. The highest BCUT2D eigenvalue weighted by molar-refractivity contribution is 5.85. The van der Waals surface area contributed by atoms with E-state index in [2.05, 4.69) is 27.3 Å². The second kappa shape index (κ2) is 12.4. The number of carbonyl (C=O) groups excluding carboxylic acids is 1. The Morgan fingerprint density at radius 1 is 1.11 bits per heavy atom. The van der Waals surface area contributed by atoms with Gasteiger partial charge in [-0.15, -0.1) is 0 Å². The van der Waals surface area contributed by atoms with Crippen molar-refractivity contribution in [2.45, 2.75) is 57.5 Å². The first-order valence-corrected chi connectivity index (χ1v) is 13.5. The summed E-state index contributed by atoms with van der Waals surface area (Å²) in [5.41, 5.74) is 12.6. The van der Waals surface area contributed by atoms with Gasteiger partial charge in [0.05, 0.1) is 11.2 Å². The van der Waals surface area contributed by atoms with Crippen LogP contribution < -0.4 is 22.5 Å². The number of nitrogens with one attached hydrogen (secondary N) is 1. The lowest BCUT2D eigenvalue weighted by Crippen LogP contribution is -2.59. The summed E-state index contributed by atoms with van der Waals surface area (Å²) in [4.78, 5) is 35.2. The molecule has 2 saturated heterocycles. The summed E-state index contributed by atoms with van der Waals surface area (Å²) in [6.07, 6.45) is 4.90. The molecule has 0 bridgehead atoms. The van der Waals surface area contributed by atoms with Crippen LogP contribution in [0, 0.1) is 0 Å². The standard InChI is InChI=1S/C27H42N8O3/c1-27(2,29)24(36)33-16-18-34(19-17-33)25(37)30-23-11-15-35(26(38)31-23)22-7-5-20(6-8-22)9-13-32-12-3-4-21(28)10-14-32/h5-8,11,15,21,25,37H,3-4,9-10,12-14,16-19,28-29H2,1-2H3,(H,30,31,38)/t21-,25?/m0/s1. The molecule has 2 fully saturated rings. The first-order valence-electron chi connectivity index (χ1n) is 13.5. The molecule has 2 aromatic rings. The van der Waals surface area contributed by atoms with Crippen molar-refractivity contribution in [1.82, 2.24) is 24.3 Å². The van der Waals surface area contributed by atoms with Gasteiger partial charge >= 0.3 is 5.69 Å². The van der Waals surface area contributed by atoms with Crippen LogP contribution in [0.2, 0.25) is 0 Å². The number of hydrogen-bond donors (Lipinski definition) is 4. The van der Waals surface area contributed by atoms with Gasteiger partial charge in [0.25, 0.3) is 0 Å². The lowest BCUT2D eigenvalue weighted by molar-refractivity contribution is -0.139. The molecular weight excluding hydrogens is 484 g/mol. The zero-order chi connectivity index (χ0) is 27.3. The fraction of sp³-hybridized carbons (Fsp3) is 0.593. The summed E-state index contributed by atoms with van der Waals surface area (Å²) < 4.78 is 1.48. The molecule has 2 aliphatic rings. The van der Waals surface area contributed by atoms with E-state index >= 15 is 0 Å². The van der Waals surface area contributed by atoms with Gasteiger partial charge in [0.15, 0.2) is 6.35 Å². The van der Waals surface area contributed by atoms with Gasteiger partial charge in [-0.25, -0.2) is 4.79 Å². The lowest BCUT2D eigenvalue weighted by Gasteiger charge is -2.39. The third-order valence-electron chi connectivity index (χ3n) is 7.38. The molecule has 6 N–H and O–H groups in total. The number of rotatable bonds is 8. The van der Waals surface area contributed by atoms with Crippen LogP contribution in [0.5, 0.6) is 0 Å². The Balaban J connectivity index is 1.29. The molecular formula is C27H42N8O3. The second-order valence-electron chi connectivity index (χ2n) is 11.0. The largest absolute Gasteiger partial charge is 0.361 e. The average molecular weight is 527 g/mol. The van der Waals surface area contributed by atoms with E-state index in [0.29, 0.717) is 32.2 Å². The van der Waals surface area contributed by atoms with Crippen LogP contribution in [0.3, 0.4) is 0 Å². The molecule has 208 valence electrons. The number of aliphatic hydroxyl groups excluding tert-OH is 1. The van der Waals surface area contributed by atoms with Gasteiger partial charge in [-0.1, -0.05) is 12.1 Å². The van der Waals surface area contributed by atoms with E-state index in [-0.39, 0.29) is 11.7 Å². The van der Waals surface area contributed by atoms with Crippen LogP contribution >= 0.6 is 0 Å². The average Bonchev–Trinajstić information content (AvgIpc) is 3.11. The van der Waals surface area contributed by atoms with Gasteiger partial charge in [0.1, 0.15) is 5.82 Å². The first kappa shape index (κ1) is 28.2. The number of anilines is 1. The topological polar surface area (TPSA) is 146 Å². The molecule has 1 unspecified atom stereocenters. The van der Waals surface area contributed by atoms with Crippen LogP contribution in [-0.2, 0) is 11.2 Å². The number of nitrogens with zero attached hydrogens (tertiary/aromatic N) is 5. The summed E-state index contributed by atoms with van der Waals surface area (Å²) in [6.45, 7) is 8.43. The summed E-state index contributed by atoms with van der Waals surface area (Å²) in [5, 5.41) is 13.5. The van der Waals surface area contributed by atoms with E-state index in [9.17, 15) is 14.7 Å². The van der Waals surface area contributed by atoms with Gasteiger partial charge in [0, 0.05) is 45.0 Å². The van der Waals surface area contributed by atoms with Gasteiger partial charge in [-0.2, -0.15) is 4.98 Å². The minimum absolute atomic E-state index is 0.111. The number of aromatic nitrogens is 2. The van der Waals surface area contributed by atoms with E-state index in [4.69, 9.17) is 11.5 Å². The SMILES string of the molecule is CC(C)(N)C(=O)N1CCN(C(O)Nc2ccn(-c3ccc(CCN4CCC[C@H](N)CC4)cc3)c(=O)n2)CC1. The van der Waals surface area contributed by atoms with Crippen molar-refractivity contribution in [3.63, 3.8) is 0 Å². The summed E-state index contributed by atoms with van der Waals surface area (Å²) in [5.74, 6) is 0.176. The van der Waals surface area contributed by atoms with Crippen LogP contribution in [0.25, 0.3) is 5.69 Å². The molecule has 0 aliphatic carbocycles. The number of likely N-dealkylation sites (tertiary alicyclic amines) is 1. The maximum atomic E-state index is 12.7. The zero-order valence-corrected chi connectivity index (χ0v) is 22.6. The van der Waals surface area contributed by atoms with Crippen molar-refractivity contribution in [2.24, 2.45) is 11.5 Å². The van der Waals surface area contributed by atoms with E-state index < -0.39 is 17.6 Å². The molecule has 0 spiro atoms. The van der Waals surface area contributed by atoms with Crippen molar-refractivity contribution in [3.05, 3.63) is 52.6 Å². The molecule has 38 heavy (non-hydrogen) atoms. The maximum absolute atomic E-state index is 12.7. The van der Waals surface area contributed by atoms with Crippen molar-refractivity contribution in [3.8, 4) is 5.69 Å². The van der Waals surface area contributed by atoms with E-state index in [1.807, 2.05) is 12.1 Å². The number of benzene rings is 1. The molecule has 4 rings (SSSR count). The minimum atomic E-state index is -1.03. The Hall–Kier alpha value is -2.83. The number of piperazine rings is 1. The van der Waals surface area contributed by atoms with Crippen LogP contribution in [0.15, 0.2) is 41.3 Å². The molecule has 11 nitrogen and oxygen atoms in total. The van der Waals surface area contributed by atoms with Crippen LogP contribution in [-0.4, -0.2) is 99.0 Å². The quantitative estimate of drug-likeness (QED) is 0.353. The predicted molar refractivity (Wildman–Crippen MR) is 148 cm³/mol. The molecule has 3 heterocycles. The first-order chi connectivity index (χ1) is 18.1. The smallest absolute Gasteiger partial charge is 0.354 e. The highest BCUT2D eigenvalue weighted by Gasteiger charge is 2.31. The fourth-order valence-electron chi connectivity index (χ4n) is 5.00. The molecule has 2 atom stereocenters. The third-order valence-corrected chi connectivity index (χ3v) is 7.38. The summed E-state index contributed by atoms with van der Waals surface area (Å²) in [6, 6.07) is 9.96. The molecule has 0 saturated carbocycles. The molecule has 2 aliphatic heterocycles. The minimum Gasteiger partial charge on any atom is -0.361 e. The van der Waals surface area contributed by atoms with Crippen LogP contribution in [0.4, 0.5) is 5.82 Å². The monoisotopic (exact) mass is 526 g/mol. The van der Waals surface area contributed by atoms with Gasteiger partial charge in [0.2, 0.25) is 5.91 Å². The van der Waals surface area contributed by atoms with Crippen molar-refractivity contribution >= 4 is 11.7 Å². The zero-order valence-electron chi connectivity index (χ0n) is 22.6. The van der Waals surface area contributed by atoms with Crippen molar-refractivity contribution in [1.29, 1.82) is 0 Å². The Labute approximate surface area is 224 Å². The summed E-state index contributed by atoms with van der Waals surface area (Å²) in [7, 11) is 0. The number of aliphatic hydroxyl groups is 1. The maximum Gasteiger partial charge on any atom is 0.354 e. The van der Waals surface area contributed by atoms with E-state index in [1.54, 1.807) is 35.9 Å². The molecule has 1 aromatic heterocycles. The Morgan fingerprint density at radius 2 is 1.82 bits per heavy atom. The molecule has 1 amide bonds. The number of nitrogens with two attached hydrogens (primary N) is 2. The van der Waals surface area contributed by atoms with E-state index in [1.165, 1.54) is 10.1 Å². The predicted octanol–water partition coefficient (Wildman–Crippen LogP) is 0.158. The highest BCUT2D eigenvalue weighted by Crippen LogP contribution is 2.14. The van der Waals surface area contributed by atoms with Crippen LogP contribution in [0.1, 0.15) is 38.7 Å². The Morgan fingerprint density at radius 3 is 2.47 bits per heavy atom. The van der Waals surface area contributed by atoms with Gasteiger partial charge < -0.3 is 31.7 Å². The number of hydrogen-bond acceptors (Lipinski definition) is 9. The Bertz CT molecular complexity index is 1120. The molecule has 0 radical (unpaired) electrons. The van der Waals surface area contributed by atoms with Gasteiger partial charge in [-0.05, 0) is 76.4 Å². The second-order valence-corrected chi connectivity index (χ2v) is 11.0. The summed E-state index contributed by atoms with van der Waals surface area (Å²) >= 11 is 0. The Kier molecular flexibility index (Phi) is 9.16. The normalized spacial score (nSPS) is 20.7. The number of carbonyl (C=O) groups is 1. The number of amides is 1. The lowest BCUT2D eigenvalue weighted by atomic mass is 10.0. The molecule has 1 aromatic carbocycles. The molecule has 11 heteroatoms. The van der Waals surface area contributed by atoms with Crippen molar-refractivity contribution < 1.29 is 9.90 Å².